The van der Waals surface area contributed by atoms with E-state index < -0.39 is 31.7 Å². The van der Waals surface area contributed by atoms with Crippen molar-refractivity contribution in [2.45, 2.75) is 49.8 Å². The predicted molar refractivity (Wildman–Crippen MR) is 554 cm³/mol. The number of pyridine rings is 5. The molecule has 0 bridgehead atoms. The van der Waals surface area contributed by atoms with Gasteiger partial charge in [0.1, 0.15) is 23.3 Å². The number of nitrogens with one attached hydrogen (secondary N) is 5. The summed E-state index contributed by atoms with van der Waals surface area (Å²) in [5.41, 5.74) is 31.0. The molecule has 9 aromatic heterocycles. The van der Waals surface area contributed by atoms with Crippen molar-refractivity contribution < 1.29 is 36.3 Å². The number of carbonyl (C=O) groups is 2. The molecule has 0 atom stereocenters. The zero-order chi connectivity index (χ0) is 97.8. The molecular formula is C111H94N20O8S2. The first-order valence-electron chi connectivity index (χ1n) is 45.0. The molecule has 0 unspecified atom stereocenters. The summed E-state index contributed by atoms with van der Waals surface area (Å²) in [5, 5.41) is 26.4. The fourth-order valence-electron chi connectivity index (χ4n) is 15.9. The Morgan fingerprint density at radius 2 is 0.660 bits per heavy atom. The quantitative estimate of drug-likeness (QED) is 0.0226. The molecule has 0 saturated carbocycles. The van der Waals surface area contributed by atoms with Gasteiger partial charge in [-0.1, -0.05) is 231 Å². The summed E-state index contributed by atoms with van der Waals surface area (Å²) in [6, 6.07) is 106. The number of amides is 2. The van der Waals surface area contributed by atoms with Crippen LogP contribution in [0.25, 0.3) is 134 Å². The van der Waals surface area contributed by atoms with Crippen LogP contribution >= 0.6 is 0 Å². The van der Waals surface area contributed by atoms with Crippen molar-refractivity contribution in [1.29, 1.82) is 0 Å². The van der Waals surface area contributed by atoms with Gasteiger partial charge >= 0.3 is 0 Å². The molecule has 9 heterocycles. The lowest BCUT2D eigenvalue weighted by Gasteiger charge is -2.15. The number of nitrogens with two attached hydrogens (primary N) is 2. The maximum Gasteiger partial charge on any atom is 0.248 e. The minimum Gasteiger partial charge on any atom is -0.481 e. The third-order valence-corrected chi connectivity index (χ3v) is 25.4. The van der Waals surface area contributed by atoms with E-state index in [1.807, 2.05) is 263 Å². The molecule has 698 valence electrons. The van der Waals surface area contributed by atoms with Crippen LogP contribution in [-0.2, 0) is 46.0 Å². The minimum atomic E-state index is -3.78. The Labute approximate surface area is 813 Å². The Bertz CT molecular complexity index is 7940. The van der Waals surface area contributed by atoms with Crippen LogP contribution in [0.3, 0.4) is 0 Å². The Hall–Kier alpha value is -17.7. The highest BCUT2D eigenvalue weighted by Crippen LogP contribution is 2.41. The number of sulfonamides is 1. The second-order valence-corrected chi connectivity index (χ2v) is 36.3. The van der Waals surface area contributed by atoms with Crippen LogP contribution in [0.1, 0.15) is 54.6 Å². The number of hydrogen-bond acceptors (Lipinski definition) is 25. The normalized spacial score (nSPS) is 11.2. The fraction of sp³-hybridized carbons (Fsp3) is 0.0901. The van der Waals surface area contributed by atoms with E-state index in [0.717, 1.165) is 134 Å². The lowest BCUT2D eigenvalue weighted by atomic mass is 10.00. The monoisotopic (exact) mass is 1900 g/mol. The molecule has 0 fully saturated rings. The fourth-order valence-corrected chi connectivity index (χ4v) is 17.6. The number of anilines is 4. The maximum atomic E-state index is 12.6. The van der Waals surface area contributed by atoms with Crippen molar-refractivity contribution in [2.75, 3.05) is 47.8 Å². The lowest BCUT2D eigenvalue weighted by Crippen LogP contribution is -2.26. The Morgan fingerprint density at radius 3 is 1.01 bits per heavy atom. The van der Waals surface area contributed by atoms with Crippen molar-refractivity contribution in [3.8, 4) is 95.9 Å². The van der Waals surface area contributed by atoms with E-state index in [2.05, 4.69) is 87.3 Å². The van der Waals surface area contributed by atoms with E-state index in [1.54, 1.807) is 62.2 Å². The predicted octanol–water partition coefficient (Wildman–Crippen LogP) is 19.8. The molecule has 20 rings (SSSR count). The number of ether oxygens (including phenoxy) is 1. The highest BCUT2D eigenvalue weighted by Gasteiger charge is 2.24. The van der Waals surface area contributed by atoms with Gasteiger partial charge in [0.25, 0.3) is 0 Å². The Kier molecular flexibility index (Phi) is 29.6. The second kappa shape index (κ2) is 44.0. The van der Waals surface area contributed by atoms with Gasteiger partial charge < -0.3 is 42.6 Å². The molecule has 0 aliphatic carbocycles. The molecule has 0 saturated heterocycles. The largest absolute Gasteiger partial charge is 0.481 e. The summed E-state index contributed by atoms with van der Waals surface area (Å²) in [6.45, 7) is 5.23. The second-order valence-electron chi connectivity index (χ2n) is 32.5. The van der Waals surface area contributed by atoms with Crippen LogP contribution in [-0.4, -0.2) is 125 Å². The van der Waals surface area contributed by atoms with E-state index in [-0.39, 0.29) is 22.9 Å². The number of aromatic nitrogens is 13. The van der Waals surface area contributed by atoms with Gasteiger partial charge in [-0.2, -0.15) is 0 Å². The van der Waals surface area contributed by atoms with Crippen molar-refractivity contribution >= 4 is 98.6 Å². The zero-order valence-corrected chi connectivity index (χ0v) is 78.6. The summed E-state index contributed by atoms with van der Waals surface area (Å²) in [4.78, 5) is 84.6. The van der Waals surface area contributed by atoms with E-state index >= 15 is 0 Å². The molecule has 11 aromatic carbocycles. The Morgan fingerprint density at radius 1 is 0.333 bits per heavy atom. The van der Waals surface area contributed by atoms with Gasteiger partial charge in [0, 0.05) is 83.2 Å². The van der Waals surface area contributed by atoms with Crippen LogP contribution < -0.4 is 42.2 Å². The standard InChI is InChI=1S/C28H25N5O3S.2C28H23N5O.C27H23N5O3S/c34-17-16-31-37(35,36)23-12-6-10-21(18-23)27-32-25-14-7-13-24(20-8-2-1-3-9-20)26(25)28(33-27)30-19-22-11-4-5-15-29-22;2*1-18-13-14-20(16-23(18)26(29)34)27-32-24-12-7-11-22(19-8-3-2-4-9-19)25(24)28(33-27)31-17-21-10-5-6-15-30-21;1-35-24-13-6-10-20(30-24)16-29-27-25-22(18-8-4-3-5-9-18)11-7-12-23(25)31-26(32-27)19-14-21(17-28-15-19)36(2,33)34/h1-15,18,31,34H,16-17,19H2,(H,30,32,33);2*2-16H,17H2,1H3,(H2,29,34)(H,31,32,33);3-15,17H,16H2,1-2H3,(H,29,31,32). The van der Waals surface area contributed by atoms with E-state index in [4.69, 9.17) is 61.2 Å². The summed E-state index contributed by atoms with van der Waals surface area (Å²) < 4.78 is 57.1. The average Bonchev–Trinajstić information content (AvgIpc) is 0.777. The van der Waals surface area contributed by atoms with E-state index in [1.165, 1.54) is 24.4 Å². The van der Waals surface area contributed by atoms with Gasteiger partial charge in [0.15, 0.2) is 33.1 Å². The number of aryl methyl sites for hydroxylation is 2. The molecule has 28 nitrogen and oxygen atoms in total. The minimum absolute atomic E-state index is 0.0666. The molecule has 141 heavy (non-hydrogen) atoms. The summed E-state index contributed by atoms with van der Waals surface area (Å²) >= 11 is 0. The number of nitrogens with zero attached hydrogens (tertiary/aromatic N) is 13. The maximum absolute atomic E-state index is 12.6. The molecule has 10 N–H and O–H groups in total. The molecule has 0 spiro atoms. The number of aliphatic hydroxyl groups excluding tert-OH is 1. The summed E-state index contributed by atoms with van der Waals surface area (Å²) in [6.07, 6.45) is 9.31. The first-order chi connectivity index (χ1) is 68.7. The average molecular weight is 1900 g/mol. The highest BCUT2D eigenvalue weighted by atomic mass is 32.2. The SMILES string of the molecule is COc1cccc(CNc2nc(-c3cncc(S(C)(=O)=O)c3)nc3cccc(-c4ccccc4)c23)n1.Cc1ccc(-c2nc(NCc3ccccn3)c3c(-c4ccccc4)cccc3n2)cc1C(N)=O.Cc1ccc(-c2nc(NCc3ccccn3)c3c(-c4ccccc4)cccc3n2)cc1C(N)=O.O=S(=O)(NCCO)c1cccc(-c2nc(NCc3ccccn3)c3c(-c4ccccc4)cccc3n2)c1. The lowest BCUT2D eigenvalue weighted by molar-refractivity contribution is 0.0991. The highest BCUT2D eigenvalue weighted by molar-refractivity contribution is 7.90. The molecule has 30 heteroatoms. The van der Waals surface area contributed by atoms with Gasteiger partial charge in [0.2, 0.25) is 27.7 Å². The van der Waals surface area contributed by atoms with Gasteiger partial charge in [-0.25, -0.2) is 66.4 Å². The van der Waals surface area contributed by atoms with Gasteiger partial charge in [0.05, 0.1) is 116 Å². The third kappa shape index (κ3) is 23.0. The number of rotatable bonds is 28. The Balaban J connectivity index is 0.000000130. The van der Waals surface area contributed by atoms with Gasteiger partial charge in [-0.05, 0) is 167 Å². The van der Waals surface area contributed by atoms with Crippen LogP contribution in [0.15, 0.2) is 374 Å². The number of methoxy groups -OCH3 is 1. The van der Waals surface area contributed by atoms with Crippen LogP contribution in [0, 0.1) is 13.8 Å². The number of primary amides is 2. The van der Waals surface area contributed by atoms with Crippen molar-refractivity contribution in [3.05, 3.63) is 410 Å². The number of hydrogen-bond donors (Lipinski definition) is 8. The third-order valence-electron chi connectivity index (χ3n) is 22.9. The van der Waals surface area contributed by atoms with Gasteiger partial charge in [-0.15, -0.1) is 0 Å². The molecule has 0 aliphatic heterocycles. The number of fused-ring (bicyclic) bond motifs is 4. The van der Waals surface area contributed by atoms with Crippen LogP contribution in [0.5, 0.6) is 5.88 Å². The van der Waals surface area contributed by atoms with E-state index in [0.29, 0.717) is 106 Å². The number of benzene rings is 11. The molecule has 2 amide bonds. The van der Waals surface area contributed by atoms with Gasteiger partial charge in [-0.3, -0.25) is 29.5 Å². The topological polar surface area (TPSA) is 412 Å². The van der Waals surface area contributed by atoms with Crippen molar-refractivity contribution in [1.82, 2.24) is 69.5 Å². The van der Waals surface area contributed by atoms with E-state index in [9.17, 15) is 26.4 Å². The zero-order valence-electron chi connectivity index (χ0n) is 77.0. The number of aliphatic hydroxyl groups is 1. The number of carbonyl (C=O) groups excluding carboxylic acids is 2. The summed E-state index contributed by atoms with van der Waals surface area (Å²) in [5.74, 6) is 3.99. The molecule has 20 aromatic rings. The first kappa shape index (κ1) is 95.0. The molecule has 0 aliphatic rings. The van der Waals surface area contributed by atoms with Crippen LogP contribution in [0.2, 0.25) is 0 Å². The molecule has 0 radical (unpaired) electrons. The smallest absolute Gasteiger partial charge is 0.248 e. The van der Waals surface area contributed by atoms with Crippen LogP contribution in [0.4, 0.5) is 23.3 Å². The summed E-state index contributed by atoms with van der Waals surface area (Å²) in [7, 11) is -5.64. The van der Waals surface area contributed by atoms with Crippen molar-refractivity contribution in [2.24, 2.45) is 11.5 Å². The van der Waals surface area contributed by atoms with Crippen molar-refractivity contribution in [3.63, 3.8) is 0 Å². The molecular weight excluding hydrogens is 1810 g/mol. The number of sulfone groups is 1. The first-order valence-corrected chi connectivity index (χ1v) is 48.3.